The Morgan fingerprint density at radius 2 is 2.17 bits per heavy atom. The average molecular weight is 239 g/mol. The van der Waals surface area contributed by atoms with Crippen LogP contribution in [-0.2, 0) is 6.54 Å². The number of hydrogen-bond acceptors (Lipinski definition) is 4. The van der Waals surface area contributed by atoms with Gasteiger partial charge in [0, 0.05) is 18.1 Å². The van der Waals surface area contributed by atoms with Crippen molar-refractivity contribution in [3.8, 4) is 0 Å². The lowest BCUT2D eigenvalue weighted by molar-refractivity contribution is 0.937. The molecule has 5 nitrogen and oxygen atoms in total. The largest absolute Gasteiger partial charge is 0.363 e. The molecule has 0 unspecified atom stereocenters. The number of aromatic nitrogens is 4. The minimum Gasteiger partial charge on any atom is -0.363 e. The fraction of sp³-hybridized carbons (Fsp3) is 0.154. The van der Waals surface area contributed by atoms with Gasteiger partial charge in [-0.15, -0.1) is 0 Å². The maximum Gasteiger partial charge on any atom is 0.152 e. The molecule has 0 radical (unpaired) electrons. The number of hydrogen-bond donors (Lipinski definition) is 1. The molecule has 3 aromatic heterocycles. The number of nitrogens with one attached hydrogen (secondary N) is 1. The van der Waals surface area contributed by atoms with E-state index < -0.39 is 0 Å². The Balaban J connectivity index is 1.83. The van der Waals surface area contributed by atoms with E-state index >= 15 is 0 Å². The molecule has 90 valence electrons. The molecular weight excluding hydrogens is 226 g/mol. The molecule has 18 heavy (non-hydrogen) atoms. The third kappa shape index (κ3) is 2.02. The smallest absolute Gasteiger partial charge is 0.152 e. The number of nitrogens with zero attached hydrogens (tertiary/aromatic N) is 4. The molecule has 3 heterocycles. The molecule has 0 spiro atoms. The summed E-state index contributed by atoms with van der Waals surface area (Å²) in [5.41, 5.74) is 2.98. The quantitative estimate of drug-likeness (QED) is 0.760. The summed E-state index contributed by atoms with van der Waals surface area (Å²) >= 11 is 0. The zero-order chi connectivity index (χ0) is 12.4. The van der Waals surface area contributed by atoms with Crippen LogP contribution in [0.25, 0.3) is 5.52 Å². The highest BCUT2D eigenvalue weighted by Gasteiger charge is 2.02. The summed E-state index contributed by atoms with van der Waals surface area (Å²) in [5.74, 6) is 0.818. The Kier molecular flexibility index (Phi) is 2.64. The summed E-state index contributed by atoms with van der Waals surface area (Å²) in [7, 11) is 0. The van der Waals surface area contributed by atoms with Crippen LogP contribution < -0.4 is 5.32 Å². The molecule has 0 saturated carbocycles. The van der Waals surface area contributed by atoms with E-state index in [4.69, 9.17) is 0 Å². The number of rotatable bonds is 3. The fourth-order valence-corrected chi connectivity index (χ4v) is 1.87. The summed E-state index contributed by atoms with van der Waals surface area (Å²) in [6, 6.07) is 7.92. The van der Waals surface area contributed by atoms with E-state index in [-0.39, 0.29) is 0 Å². The second-order valence-electron chi connectivity index (χ2n) is 4.06. The van der Waals surface area contributed by atoms with Gasteiger partial charge in [-0.3, -0.25) is 4.98 Å². The third-order valence-corrected chi connectivity index (χ3v) is 2.71. The van der Waals surface area contributed by atoms with Gasteiger partial charge >= 0.3 is 0 Å². The Labute approximate surface area is 105 Å². The lowest BCUT2D eigenvalue weighted by atomic mass is 10.3. The van der Waals surface area contributed by atoms with Gasteiger partial charge < -0.3 is 5.32 Å². The van der Waals surface area contributed by atoms with Crippen molar-refractivity contribution in [3.63, 3.8) is 0 Å². The Morgan fingerprint density at radius 1 is 1.22 bits per heavy atom. The molecular formula is C13H13N5. The number of pyridine rings is 1. The normalized spacial score (nSPS) is 10.7. The van der Waals surface area contributed by atoms with E-state index in [2.05, 4.69) is 20.4 Å². The van der Waals surface area contributed by atoms with Gasteiger partial charge in [0.25, 0.3) is 0 Å². The van der Waals surface area contributed by atoms with E-state index in [1.54, 1.807) is 16.9 Å². The Hall–Kier alpha value is -2.43. The number of fused-ring (bicyclic) bond motifs is 1. The highest BCUT2D eigenvalue weighted by Crippen LogP contribution is 2.13. The fourth-order valence-electron chi connectivity index (χ4n) is 1.87. The molecule has 0 amide bonds. The highest BCUT2D eigenvalue weighted by molar-refractivity contribution is 5.66. The predicted octanol–water partition coefficient (Wildman–Crippen LogP) is 2.04. The van der Waals surface area contributed by atoms with Gasteiger partial charge in [0.2, 0.25) is 0 Å². The lowest BCUT2D eigenvalue weighted by Gasteiger charge is -2.06. The summed E-state index contributed by atoms with van der Waals surface area (Å²) in [5, 5.41) is 7.45. The van der Waals surface area contributed by atoms with Crippen LogP contribution in [0.4, 0.5) is 5.82 Å². The van der Waals surface area contributed by atoms with Crippen molar-refractivity contribution < 1.29 is 0 Å². The second-order valence-corrected chi connectivity index (χ2v) is 4.06. The minimum absolute atomic E-state index is 0.652. The topological polar surface area (TPSA) is 55.1 Å². The van der Waals surface area contributed by atoms with Crippen molar-refractivity contribution in [2.45, 2.75) is 13.5 Å². The van der Waals surface area contributed by atoms with Gasteiger partial charge in [0.05, 0.1) is 18.4 Å². The Morgan fingerprint density at radius 3 is 3.06 bits per heavy atom. The van der Waals surface area contributed by atoms with Crippen molar-refractivity contribution in [1.82, 2.24) is 19.6 Å². The minimum atomic E-state index is 0.652. The van der Waals surface area contributed by atoms with Crippen LogP contribution in [0.5, 0.6) is 0 Å². The van der Waals surface area contributed by atoms with Crippen LogP contribution >= 0.6 is 0 Å². The molecule has 0 saturated heterocycles. The molecule has 0 fully saturated rings. The first-order valence-electron chi connectivity index (χ1n) is 5.78. The molecule has 5 heteroatoms. The first-order chi connectivity index (χ1) is 8.83. The molecule has 0 atom stereocenters. The van der Waals surface area contributed by atoms with E-state index in [1.807, 2.05) is 37.4 Å². The van der Waals surface area contributed by atoms with Crippen molar-refractivity contribution in [1.29, 1.82) is 0 Å². The monoisotopic (exact) mass is 239 g/mol. The predicted molar refractivity (Wildman–Crippen MR) is 69.3 cm³/mol. The van der Waals surface area contributed by atoms with Crippen LogP contribution in [0.2, 0.25) is 0 Å². The third-order valence-electron chi connectivity index (χ3n) is 2.71. The van der Waals surface area contributed by atoms with E-state index in [0.29, 0.717) is 6.54 Å². The van der Waals surface area contributed by atoms with Gasteiger partial charge in [0.15, 0.2) is 5.82 Å². The van der Waals surface area contributed by atoms with Crippen LogP contribution in [0.3, 0.4) is 0 Å². The zero-order valence-corrected chi connectivity index (χ0v) is 10.0. The van der Waals surface area contributed by atoms with Gasteiger partial charge in [0.1, 0.15) is 5.52 Å². The lowest BCUT2D eigenvalue weighted by Crippen LogP contribution is -2.05. The van der Waals surface area contributed by atoms with E-state index in [9.17, 15) is 0 Å². The molecule has 3 aromatic rings. The van der Waals surface area contributed by atoms with Crippen LogP contribution in [0.15, 0.2) is 42.9 Å². The number of aryl methyl sites for hydroxylation is 1. The van der Waals surface area contributed by atoms with Crippen LogP contribution in [0.1, 0.15) is 11.4 Å². The van der Waals surface area contributed by atoms with Gasteiger partial charge in [-0.1, -0.05) is 6.07 Å². The van der Waals surface area contributed by atoms with Crippen LogP contribution in [-0.4, -0.2) is 19.6 Å². The van der Waals surface area contributed by atoms with Crippen molar-refractivity contribution in [2.24, 2.45) is 0 Å². The van der Waals surface area contributed by atoms with Gasteiger partial charge in [-0.2, -0.15) is 5.10 Å². The van der Waals surface area contributed by atoms with Crippen molar-refractivity contribution in [2.75, 3.05) is 5.32 Å². The SMILES string of the molecule is Cc1cccc(CNc2nccn3nccc23)n1. The maximum absolute atomic E-state index is 4.44. The molecule has 1 N–H and O–H groups in total. The highest BCUT2D eigenvalue weighted by atomic mass is 15.2. The second kappa shape index (κ2) is 4.44. The molecule has 0 aliphatic rings. The van der Waals surface area contributed by atoms with Gasteiger partial charge in [-0.25, -0.2) is 9.50 Å². The van der Waals surface area contributed by atoms with Crippen molar-refractivity contribution in [3.05, 3.63) is 54.2 Å². The molecule has 0 aromatic carbocycles. The molecule has 0 aliphatic carbocycles. The summed E-state index contributed by atoms with van der Waals surface area (Å²) in [6.07, 6.45) is 5.31. The zero-order valence-electron chi connectivity index (χ0n) is 10.0. The van der Waals surface area contributed by atoms with E-state index in [0.717, 1.165) is 22.7 Å². The first kappa shape index (κ1) is 10.7. The standard InChI is InChI=1S/C13H13N5/c1-10-3-2-4-11(17-10)9-15-13-12-5-6-16-18(12)8-7-14-13/h2-8H,9H2,1H3,(H,14,15). The average Bonchev–Trinajstić information content (AvgIpc) is 2.85. The first-order valence-corrected chi connectivity index (χ1v) is 5.78. The van der Waals surface area contributed by atoms with Crippen molar-refractivity contribution >= 4 is 11.3 Å². The van der Waals surface area contributed by atoms with Crippen LogP contribution in [0, 0.1) is 6.92 Å². The molecule has 0 bridgehead atoms. The summed E-state index contributed by atoms with van der Waals surface area (Å²) < 4.78 is 1.79. The van der Waals surface area contributed by atoms with Gasteiger partial charge in [-0.05, 0) is 25.1 Å². The summed E-state index contributed by atoms with van der Waals surface area (Å²) in [4.78, 5) is 8.76. The molecule has 0 aliphatic heterocycles. The maximum atomic E-state index is 4.44. The number of anilines is 1. The Bertz CT molecular complexity index is 674. The van der Waals surface area contributed by atoms with E-state index in [1.165, 1.54) is 0 Å². The summed E-state index contributed by atoms with van der Waals surface area (Å²) in [6.45, 7) is 2.64. The molecule has 3 rings (SSSR count).